The molecule has 164 valence electrons. The van der Waals surface area contributed by atoms with Gasteiger partial charge in [0.2, 0.25) is 0 Å². The summed E-state index contributed by atoms with van der Waals surface area (Å²) in [6, 6.07) is 3.89. The van der Waals surface area contributed by atoms with Crippen LogP contribution in [0.4, 0.5) is 0 Å². The van der Waals surface area contributed by atoms with E-state index in [9.17, 15) is 5.26 Å². The van der Waals surface area contributed by atoms with Crippen molar-refractivity contribution in [1.29, 1.82) is 5.26 Å². The van der Waals surface area contributed by atoms with Crippen LogP contribution in [0, 0.1) is 34.0 Å². The molecule has 0 atom stereocenters. The largest absolute Gasteiger partial charge is 0.487 e. The summed E-state index contributed by atoms with van der Waals surface area (Å²) in [6.45, 7) is 17.9. The molecule has 0 amide bonds. The molecule has 0 bridgehead atoms. The van der Waals surface area contributed by atoms with Gasteiger partial charge in [-0.1, -0.05) is 26.7 Å². The SMILES string of the molecule is CC(C)(C)COCC(C)(C)C#Cc1cc(C#N)c(OC2CC(OC(C)(C)C)C2)cn1. The van der Waals surface area contributed by atoms with Crippen LogP contribution in [0.25, 0.3) is 0 Å². The molecule has 2 rings (SSSR count). The van der Waals surface area contributed by atoms with E-state index >= 15 is 0 Å². The van der Waals surface area contributed by atoms with E-state index in [1.807, 2.05) is 13.8 Å². The van der Waals surface area contributed by atoms with Crippen LogP contribution in [0.3, 0.4) is 0 Å². The fraction of sp³-hybridized carbons (Fsp3) is 0.680. The fourth-order valence-electron chi connectivity index (χ4n) is 2.96. The summed E-state index contributed by atoms with van der Waals surface area (Å²) in [5.74, 6) is 6.81. The highest BCUT2D eigenvalue weighted by Gasteiger charge is 2.35. The van der Waals surface area contributed by atoms with E-state index < -0.39 is 0 Å². The summed E-state index contributed by atoms with van der Waals surface area (Å²) >= 11 is 0. The zero-order valence-corrected chi connectivity index (χ0v) is 19.8. The molecule has 0 aromatic carbocycles. The Morgan fingerprint density at radius 3 is 2.27 bits per heavy atom. The molecule has 1 heterocycles. The minimum Gasteiger partial charge on any atom is -0.487 e. The van der Waals surface area contributed by atoms with Gasteiger partial charge in [-0.05, 0) is 52.0 Å². The van der Waals surface area contributed by atoms with Crippen LogP contribution in [0.2, 0.25) is 0 Å². The minimum atomic E-state index is -0.303. The Hall–Kier alpha value is -2.08. The lowest BCUT2D eigenvalue weighted by Crippen LogP contribution is -2.43. The van der Waals surface area contributed by atoms with E-state index in [1.165, 1.54) is 0 Å². The van der Waals surface area contributed by atoms with Crippen molar-refractivity contribution in [2.24, 2.45) is 10.8 Å². The van der Waals surface area contributed by atoms with Crippen molar-refractivity contribution in [1.82, 2.24) is 4.98 Å². The first-order valence-electron chi connectivity index (χ1n) is 10.6. The van der Waals surface area contributed by atoms with E-state index in [1.54, 1.807) is 12.3 Å². The average Bonchev–Trinajstić information content (AvgIpc) is 2.56. The van der Waals surface area contributed by atoms with Crippen LogP contribution in [0.5, 0.6) is 5.75 Å². The molecule has 30 heavy (non-hydrogen) atoms. The average molecular weight is 413 g/mol. The molecular formula is C25H36N2O3. The Kier molecular flexibility index (Phi) is 7.56. The van der Waals surface area contributed by atoms with Gasteiger partial charge in [-0.3, -0.25) is 0 Å². The predicted molar refractivity (Wildman–Crippen MR) is 118 cm³/mol. The zero-order valence-electron chi connectivity index (χ0n) is 19.8. The summed E-state index contributed by atoms with van der Waals surface area (Å²) in [4.78, 5) is 4.38. The molecule has 0 radical (unpaired) electrons. The van der Waals surface area contributed by atoms with Crippen molar-refractivity contribution < 1.29 is 14.2 Å². The van der Waals surface area contributed by atoms with E-state index in [4.69, 9.17) is 14.2 Å². The monoisotopic (exact) mass is 412 g/mol. The first-order valence-corrected chi connectivity index (χ1v) is 10.6. The van der Waals surface area contributed by atoms with Gasteiger partial charge in [0.15, 0.2) is 5.75 Å². The van der Waals surface area contributed by atoms with Crippen molar-refractivity contribution in [3.05, 3.63) is 23.5 Å². The highest BCUT2D eigenvalue weighted by atomic mass is 16.5. The molecule has 1 aliphatic rings. The molecule has 0 unspecified atom stereocenters. The smallest absolute Gasteiger partial charge is 0.155 e. The van der Waals surface area contributed by atoms with Gasteiger partial charge in [0.1, 0.15) is 17.9 Å². The third-order valence-electron chi connectivity index (χ3n) is 4.38. The molecule has 1 fully saturated rings. The Morgan fingerprint density at radius 1 is 1.03 bits per heavy atom. The summed E-state index contributed by atoms with van der Waals surface area (Å²) in [7, 11) is 0. The number of aromatic nitrogens is 1. The van der Waals surface area contributed by atoms with Gasteiger partial charge < -0.3 is 14.2 Å². The number of hydrogen-bond donors (Lipinski definition) is 0. The number of pyridine rings is 1. The van der Waals surface area contributed by atoms with Gasteiger partial charge in [-0.2, -0.15) is 5.26 Å². The molecule has 1 saturated carbocycles. The lowest BCUT2D eigenvalue weighted by molar-refractivity contribution is -0.126. The second-order valence-corrected chi connectivity index (χ2v) is 10.9. The molecule has 5 heteroatoms. The number of nitrogens with zero attached hydrogens (tertiary/aromatic N) is 2. The highest BCUT2D eigenvalue weighted by molar-refractivity contribution is 5.46. The van der Waals surface area contributed by atoms with E-state index in [2.05, 4.69) is 64.4 Å². The Morgan fingerprint density at radius 2 is 1.70 bits per heavy atom. The minimum absolute atomic E-state index is 0.0575. The van der Waals surface area contributed by atoms with Crippen LogP contribution in [-0.2, 0) is 9.47 Å². The quantitative estimate of drug-likeness (QED) is 0.607. The van der Waals surface area contributed by atoms with Crippen LogP contribution < -0.4 is 4.74 Å². The Balaban J connectivity index is 1.95. The fourth-order valence-corrected chi connectivity index (χ4v) is 2.96. The van der Waals surface area contributed by atoms with Gasteiger partial charge in [0.05, 0.1) is 36.7 Å². The first-order chi connectivity index (χ1) is 13.8. The number of ether oxygens (including phenoxy) is 3. The Labute approximate surface area is 182 Å². The van der Waals surface area contributed by atoms with Gasteiger partial charge in [0, 0.05) is 18.3 Å². The predicted octanol–water partition coefficient (Wildman–Crippen LogP) is 5.12. The molecule has 0 spiro atoms. The highest BCUT2D eigenvalue weighted by Crippen LogP contribution is 2.32. The topological polar surface area (TPSA) is 64.4 Å². The lowest BCUT2D eigenvalue weighted by Gasteiger charge is -2.39. The summed E-state index contributed by atoms with van der Waals surface area (Å²) < 4.78 is 17.7. The molecule has 1 aromatic rings. The standard InChI is InChI=1S/C25H36N2O3/c1-23(2,3)16-28-17-25(7,8)10-9-19-11-18(14-26)22(15-27-19)29-20-12-21(13-20)30-24(4,5)6/h11,15,20-21H,12-13,16-17H2,1-8H3. The molecule has 5 nitrogen and oxygen atoms in total. The second-order valence-electron chi connectivity index (χ2n) is 10.9. The maximum absolute atomic E-state index is 9.52. The number of rotatable bonds is 6. The van der Waals surface area contributed by atoms with E-state index in [0.29, 0.717) is 30.2 Å². The maximum atomic E-state index is 9.52. The second kappa shape index (κ2) is 9.38. The summed E-state index contributed by atoms with van der Waals surface area (Å²) in [6.07, 6.45) is 3.52. The number of hydrogen-bond acceptors (Lipinski definition) is 5. The van der Waals surface area contributed by atoms with Crippen LogP contribution in [-0.4, -0.2) is 36.0 Å². The van der Waals surface area contributed by atoms with Crippen LogP contribution >= 0.6 is 0 Å². The van der Waals surface area contributed by atoms with Gasteiger partial charge in [-0.15, -0.1) is 0 Å². The lowest BCUT2D eigenvalue weighted by atomic mass is 9.91. The maximum Gasteiger partial charge on any atom is 0.155 e. The molecule has 0 saturated heterocycles. The van der Waals surface area contributed by atoms with Crippen LogP contribution in [0.15, 0.2) is 12.3 Å². The normalized spacial score (nSPS) is 19.3. The molecule has 0 N–H and O–H groups in total. The first kappa shape index (κ1) is 24.2. The van der Waals surface area contributed by atoms with Gasteiger partial charge >= 0.3 is 0 Å². The molecular weight excluding hydrogens is 376 g/mol. The Bertz CT molecular complexity index is 823. The summed E-state index contributed by atoms with van der Waals surface area (Å²) in [5, 5.41) is 9.52. The van der Waals surface area contributed by atoms with Crippen molar-refractivity contribution in [3.63, 3.8) is 0 Å². The molecule has 1 aliphatic carbocycles. The molecule has 1 aromatic heterocycles. The van der Waals surface area contributed by atoms with Crippen molar-refractivity contribution in [3.8, 4) is 23.7 Å². The summed E-state index contributed by atoms with van der Waals surface area (Å²) in [5.41, 5.74) is 0.688. The zero-order chi connectivity index (χ0) is 22.6. The third kappa shape index (κ3) is 8.34. The van der Waals surface area contributed by atoms with E-state index in [0.717, 1.165) is 12.8 Å². The van der Waals surface area contributed by atoms with Crippen LogP contribution in [0.1, 0.15) is 79.5 Å². The molecule has 0 aliphatic heterocycles. The third-order valence-corrected chi connectivity index (χ3v) is 4.38. The van der Waals surface area contributed by atoms with Crippen molar-refractivity contribution in [2.75, 3.05) is 13.2 Å². The number of nitriles is 1. The van der Waals surface area contributed by atoms with Gasteiger partial charge in [-0.25, -0.2) is 4.98 Å². The van der Waals surface area contributed by atoms with Crippen molar-refractivity contribution >= 4 is 0 Å². The van der Waals surface area contributed by atoms with E-state index in [-0.39, 0.29) is 28.6 Å². The van der Waals surface area contributed by atoms with Gasteiger partial charge in [0.25, 0.3) is 0 Å². The van der Waals surface area contributed by atoms with Crippen molar-refractivity contribution in [2.45, 2.75) is 86.0 Å².